The zero-order valence-corrected chi connectivity index (χ0v) is 9.76. The maximum atomic E-state index is 5.45. The first-order chi connectivity index (χ1) is 7.20. The molecule has 15 heavy (non-hydrogen) atoms. The molecule has 0 radical (unpaired) electrons. The van der Waals surface area contributed by atoms with Crippen LogP contribution in [-0.4, -0.2) is 20.2 Å². The van der Waals surface area contributed by atoms with Gasteiger partial charge < -0.3 is 15.8 Å². The Morgan fingerprint density at radius 1 is 1.27 bits per heavy atom. The van der Waals surface area contributed by atoms with E-state index in [2.05, 4.69) is 25.2 Å². The molecule has 0 atom stereocenters. The predicted octanol–water partition coefficient (Wildman–Crippen LogP) is 2.07. The second-order valence-corrected chi connectivity index (χ2v) is 3.63. The molecule has 0 unspecified atom stereocenters. The van der Waals surface area contributed by atoms with Gasteiger partial charge >= 0.3 is 0 Å². The van der Waals surface area contributed by atoms with Crippen molar-refractivity contribution in [1.29, 1.82) is 0 Å². The van der Waals surface area contributed by atoms with Gasteiger partial charge in [-0.2, -0.15) is 0 Å². The molecule has 0 saturated carbocycles. The molecule has 0 aliphatic carbocycles. The highest BCUT2D eigenvalue weighted by molar-refractivity contribution is 5.58. The lowest BCUT2D eigenvalue weighted by atomic mass is 10.1. The van der Waals surface area contributed by atoms with Gasteiger partial charge in [0.05, 0.1) is 7.11 Å². The fourth-order valence-electron chi connectivity index (χ4n) is 1.53. The molecule has 0 aromatic heterocycles. The number of benzene rings is 1. The molecule has 3 heteroatoms. The number of nitrogens with one attached hydrogen (secondary N) is 1. The summed E-state index contributed by atoms with van der Waals surface area (Å²) in [5.41, 5.74) is 9.05. The van der Waals surface area contributed by atoms with Gasteiger partial charge in [0.1, 0.15) is 5.75 Å². The number of anilines is 1. The Labute approximate surface area is 91.6 Å². The Hall–Kier alpha value is -1.22. The van der Waals surface area contributed by atoms with Crippen LogP contribution >= 0.6 is 0 Å². The van der Waals surface area contributed by atoms with Gasteiger partial charge in [-0.3, -0.25) is 0 Å². The van der Waals surface area contributed by atoms with Crippen molar-refractivity contribution in [2.75, 3.05) is 25.5 Å². The fraction of sp³-hybridized carbons (Fsp3) is 0.500. The number of ether oxygens (including phenoxy) is 1. The van der Waals surface area contributed by atoms with Gasteiger partial charge in [-0.1, -0.05) is 0 Å². The average molecular weight is 208 g/mol. The van der Waals surface area contributed by atoms with E-state index in [1.54, 1.807) is 7.11 Å². The van der Waals surface area contributed by atoms with Crippen LogP contribution in [-0.2, 0) is 0 Å². The van der Waals surface area contributed by atoms with Crippen molar-refractivity contribution in [1.82, 2.24) is 0 Å². The molecule has 1 rings (SSSR count). The molecular formula is C12H20N2O. The summed E-state index contributed by atoms with van der Waals surface area (Å²) in [5, 5.41) is 3.37. The first-order valence-corrected chi connectivity index (χ1v) is 5.28. The van der Waals surface area contributed by atoms with Crippen LogP contribution in [0, 0.1) is 13.8 Å². The van der Waals surface area contributed by atoms with Crippen LogP contribution in [0.3, 0.4) is 0 Å². The molecular weight excluding hydrogens is 188 g/mol. The number of hydrogen-bond donors (Lipinski definition) is 2. The van der Waals surface area contributed by atoms with Crippen molar-refractivity contribution in [2.24, 2.45) is 5.73 Å². The highest BCUT2D eigenvalue weighted by Crippen LogP contribution is 2.26. The molecule has 0 saturated heterocycles. The maximum Gasteiger partial charge on any atom is 0.122 e. The lowest BCUT2D eigenvalue weighted by Crippen LogP contribution is -2.09. The Bertz CT molecular complexity index is 324. The van der Waals surface area contributed by atoms with Gasteiger partial charge in [0.2, 0.25) is 0 Å². The zero-order chi connectivity index (χ0) is 11.3. The third kappa shape index (κ3) is 2.86. The minimum Gasteiger partial charge on any atom is -0.496 e. The summed E-state index contributed by atoms with van der Waals surface area (Å²) >= 11 is 0. The summed E-state index contributed by atoms with van der Waals surface area (Å²) in [6, 6.07) is 4.05. The largest absolute Gasteiger partial charge is 0.496 e. The molecule has 3 nitrogen and oxygen atoms in total. The maximum absolute atomic E-state index is 5.45. The lowest BCUT2D eigenvalue weighted by molar-refractivity contribution is 0.411. The summed E-state index contributed by atoms with van der Waals surface area (Å²) in [6.07, 6.45) is 0.991. The Morgan fingerprint density at radius 3 is 2.60 bits per heavy atom. The Kier molecular flexibility index (Phi) is 4.43. The third-order valence-electron chi connectivity index (χ3n) is 2.65. The van der Waals surface area contributed by atoms with Gasteiger partial charge in [-0.15, -0.1) is 0 Å². The van der Waals surface area contributed by atoms with Crippen molar-refractivity contribution >= 4 is 5.69 Å². The van der Waals surface area contributed by atoms with E-state index >= 15 is 0 Å². The monoisotopic (exact) mass is 208 g/mol. The van der Waals surface area contributed by atoms with Gasteiger partial charge in [0.25, 0.3) is 0 Å². The Balaban J connectivity index is 2.77. The molecule has 1 aromatic rings. The molecule has 3 N–H and O–H groups in total. The molecule has 0 amide bonds. The fourth-order valence-corrected chi connectivity index (χ4v) is 1.53. The van der Waals surface area contributed by atoms with Crippen molar-refractivity contribution in [3.05, 3.63) is 23.3 Å². The van der Waals surface area contributed by atoms with Crippen molar-refractivity contribution in [3.8, 4) is 5.75 Å². The summed E-state index contributed by atoms with van der Waals surface area (Å²) in [7, 11) is 1.70. The van der Waals surface area contributed by atoms with Crippen LogP contribution in [0.2, 0.25) is 0 Å². The first-order valence-electron chi connectivity index (χ1n) is 5.28. The van der Waals surface area contributed by atoms with E-state index in [0.29, 0.717) is 0 Å². The van der Waals surface area contributed by atoms with Crippen LogP contribution < -0.4 is 15.8 Å². The number of hydrogen-bond acceptors (Lipinski definition) is 3. The second-order valence-electron chi connectivity index (χ2n) is 3.63. The van der Waals surface area contributed by atoms with Gasteiger partial charge in [0.15, 0.2) is 0 Å². The standard InChI is InChI=1S/C12H20N2O/c1-9-10(2)12(15-3)6-5-11(9)14-8-4-7-13/h5-6,14H,4,7-8,13H2,1-3H3. The van der Waals surface area contributed by atoms with Crippen LogP contribution in [0.1, 0.15) is 17.5 Å². The number of nitrogens with two attached hydrogens (primary N) is 1. The molecule has 84 valence electrons. The second kappa shape index (κ2) is 5.61. The average Bonchev–Trinajstić information content (AvgIpc) is 2.25. The molecule has 0 bridgehead atoms. The number of rotatable bonds is 5. The SMILES string of the molecule is COc1ccc(NCCCN)c(C)c1C. The van der Waals surface area contributed by atoms with Crippen LogP contribution in [0.25, 0.3) is 0 Å². The molecule has 1 aromatic carbocycles. The molecule has 0 aliphatic rings. The van der Waals surface area contributed by atoms with Crippen LogP contribution in [0.15, 0.2) is 12.1 Å². The van der Waals surface area contributed by atoms with Crippen molar-refractivity contribution in [2.45, 2.75) is 20.3 Å². The van der Waals surface area contributed by atoms with E-state index < -0.39 is 0 Å². The molecule has 0 fully saturated rings. The quantitative estimate of drug-likeness (QED) is 0.728. The highest BCUT2D eigenvalue weighted by atomic mass is 16.5. The minimum absolute atomic E-state index is 0.723. The minimum atomic E-state index is 0.723. The topological polar surface area (TPSA) is 47.3 Å². The van der Waals surface area contributed by atoms with E-state index in [1.165, 1.54) is 16.8 Å². The van der Waals surface area contributed by atoms with E-state index in [-0.39, 0.29) is 0 Å². The van der Waals surface area contributed by atoms with Gasteiger partial charge in [-0.05, 0) is 50.1 Å². The summed E-state index contributed by atoms with van der Waals surface area (Å²) in [4.78, 5) is 0. The highest BCUT2D eigenvalue weighted by Gasteiger charge is 2.05. The summed E-state index contributed by atoms with van der Waals surface area (Å²) < 4.78 is 5.26. The summed E-state index contributed by atoms with van der Waals surface area (Å²) in [5.74, 6) is 0.942. The van der Waals surface area contributed by atoms with E-state index in [9.17, 15) is 0 Å². The molecule has 0 aliphatic heterocycles. The smallest absolute Gasteiger partial charge is 0.122 e. The van der Waals surface area contributed by atoms with E-state index in [0.717, 1.165) is 25.3 Å². The van der Waals surface area contributed by atoms with Gasteiger partial charge in [0, 0.05) is 12.2 Å². The van der Waals surface area contributed by atoms with Crippen molar-refractivity contribution < 1.29 is 4.74 Å². The van der Waals surface area contributed by atoms with Crippen LogP contribution in [0.4, 0.5) is 5.69 Å². The molecule has 0 spiro atoms. The van der Waals surface area contributed by atoms with Gasteiger partial charge in [-0.25, -0.2) is 0 Å². The lowest BCUT2D eigenvalue weighted by Gasteiger charge is -2.13. The first kappa shape index (κ1) is 11.9. The van der Waals surface area contributed by atoms with Crippen molar-refractivity contribution in [3.63, 3.8) is 0 Å². The van der Waals surface area contributed by atoms with E-state index in [1.807, 2.05) is 6.07 Å². The zero-order valence-electron chi connectivity index (χ0n) is 9.76. The summed E-state index contributed by atoms with van der Waals surface area (Å²) in [6.45, 7) is 5.81. The normalized spacial score (nSPS) is 10.1. The third-order valence-corrected chi connectivity index (χ3v) is 2.65. The van der Waals surface area contributed by atoms with Crippen LogP contribution in [0.5, 0.6) is 5.75 Å². The Morgan fingerprint density at radius 2 is 2.00 bits per heavy atom. The number of methoxy groups -OCH3 is 1. The predicted molar refractivity (Wildman–Crippen MR) is 64.6 cm³/mol. The van der Waals surface area contributed by atoms with E-state index in [4.69, 9.17) is 10.5 Å². The molecule has 0 heterocycles.